The van der Waals surface area contributed by atoms with E-state index in [4.69, 9.17) is 16.3 Å². The summed E-state index contributed by atoms with van der Waals surface area (Å²) in [4.78, 5) is 27.1. The van der Waals surface area contributed by atoms with Crippen LogP contribution in [0.3, 0.4) is 0 Å². The number of carbonyl (C=O) groups excluding carboxylic acids is 2. The van der Waals surface area contributed by atoms with E-state index in [9.17, 15) is 9.59 Å². The van der Waals surface area contributed by atoms with E-state index in [1.807, 2.05) is 0 Å². The number of methoxy groups -OCH3 is 1. The largest absolute Gasteiger partial charge is 0.495 e. The van der Waals surface area contributed by atoms with Crippen LogP contribution in [0, 0.1) is 23.7 Å². The molecular weight excluding hydrogens is 302 g/mol. The number of hydrogen-bond acceptors (Lipinski definition) is 3. The molecule has 3 aliphatic carbocycles. The predicted molar refractivity (Wildman–Crippen MR) is 82.8 cm³/mol. The molecule has 114 valence electrons. The molecular formula is C17H16ClNO3. The average molecular weight is 318 g/mol. The van der Waals surface area contributed by atoms with Gasteiger partial charge in [0.15, 0.2) is 0 Å². The Morgan fingerprint density at radius 3 is 2.18 bits per heavy atom. The first kappa shape index (κ1) is 13.8. The highest BCUT2D eigenvalue weighted by molar-refractivity contribution is 6.31. The summed E-state index contributed by atoms with van der Waals surface area (Å²) in [6, 6.07) is 5.00. The van der Waals surface area contributed by atoms with E-state index in [0.29, 0.717) is 16.5 Å². The molecule has 2 amide bonds. The molecule has 2 fully saturated rings. The van der Waals surface area contributed by atoms with Crippen molar-refractivity contribution in [3.05, 3.63) is 35.4 Å². The minimum Gasteiger partial charge on any atom is -0.495 e. The molecule has 0 unspecified atom stereocenters. The van der Waals surface area contributed by atoms with Crippen molar-refractivity contribution in [3.63, 3.8) is 0 Å². The van der Waals surface area contributed by atoms with Gasteiger partial charge in [-0.2, -0.15) is 0 Å². The number of allylic oxidation sites excluding steroid dienone is 2. The van der Waals surface area contributed by atoms with Gasteiger partial charge in [0.2, 0.25) is 11.8 Å². The molecule has 1 aromatic rings. The van der Waals surface area contributed by atoms with Crippen LogP contribution >= 0.6 is 11.6 Å². The second-order valence-corrected chi connectivity index (χ2v) is 6.61. The van der Waals surface area contributed by atoms with E-state index in [2.05, 4.69) is 12.2 Å². The van der Waals surface area contributed by atoms with Gasteiger partial charge in [-0.05, 0) is 42.9 Å². The smallest absolute Gasteiger partial charge is 0.238 e. The fourth-order valence-corrected chi connectivity index (χ4v) is 4.32. The number of amides is 2. The summed E-state index contributed by atoms with van der Waals surface area (Å²) in [5.41, 5.74) is 0.457. The zero-order valence-corrected chi connectivity index (χ0v) is 12.9. The number of anilines is 1. The van der Waals surface area contributed by atoms with Gasteiger partial charge in [-0.3, -0.25) is 9.59 Å². The van der Waals surface area contributed by atoms with Crippen molar-refractivity contribution < 1.29 is 14.3 Å². The molecule has 1 saturated heterocycles. The van der Waals surface area contributed by atoms with Gasteiger partial charge in [0.05, 0.1) is 24.6 Å². The molecule has 5 rings (SSSR count). The molecule has 0 spiro atoms. The lowest BCUT2D eigenvalue weighted by molar-refractivity contribution is -0.124. The van der Waals surface area contributed by atoms with Crippen LogP contribution in [0.4, 0.5) is 5.69 Å². The first-order chi connectivity index (χ1) is 10.6. The summed E-state index contributed by atoms with van der Waals surface area (Å²) in [7, 11) is 1.52. The van der Waals surface area contributed by atoms with Crippen LogP contribution in [0.5, 0.6) is 5.75 Å². The zero-order valence-electron chi connectivity index (χ0n) is 12.2. The summed E-state index contributed by atoms with van der Waals surface area (Å²) in [5.74, 6) is 0.178. The molecule has 1 aliphatic heterocycles. The molecule has 0 N–H and O–H groups in total. The van der Waals surface area contributed by atoms with E-state index in [1.165, 1.54) is 12.0 Å². The van der Waals surface area contributed by atoms with Crippen molar-refractivity contribution >= 4 is 29.1 Å². The number of fused-ring (bicyclic) bond motifs is 1. The molecule has 1 saturated carbocycles. The van der Waals surface area contributed by atoms with E-state index in [1.54, 1.807) is 18.2 Å². The molecule has 0 radical (unpaired) electrons. The van der Waals surface area contributed by atoms with Gasteiger partial charge in [-0.1, -0.05) is 23.8 Å². The average Bonchev–Trinajstić information content (AvgIpc) is 2.82. The topological polar surface area (TPSA) is 46.6 Å². The maximum absolute atomic E-state index is 12.9. The molecule has 0 aromatic heterocycles. The monoisotopic (exact) mass is 317 g/mol. The lowest BCUT2D eigenvalue weighted by Gasteiger charge is -2.38. The van der Waals surface area contributed by atoms with Gasteiger partial charge in [-0.25, -0.2) is 4.90 Å². The van der Waals surface area contributed by atoms with Gasteiger partial charge < -0.3 is 4.74 Å². The second-order valence-electron chi connectivity index (χ2n) is 6.17. The molecule has 5 heteroatoms. The first-order valence-corrected chi connectivity index (χ1v) is 7.89. The Labute approximate surface area is 133 Å². The van der Waals surface area contributed by atoms with E-state index < -0.39 is 0 Å². The number of imide groups is 1. The van der Waals surface area contributed by atoms with Crippen LogP contribution in [0.25, 0.3) is 0 Å². The van der Waals surface area contributed by atoms with Crippen LogP contribution in [0.15, 0.2) is 30.4 Å². The van der Waals surface area contributed by atoms with Crippen LogP contribution < -0.4 is 9.64 Å². The number of ether oxygens (including phenoxy) is 1. The number of halogens is 1. The minimum absolute atomic E-state index is 0.116. The lowest BCUT2D eigenvalue weighted by atomic mass is 9.63. The first-order valence-electron chi connectivity index (χ1n) is 7.51. The standard InChI is InChI=1S/C17H16ClNO3/c1-22-13-7-6-11(18)8-12(13)19-16(20)14-9-2-3-10(5-4-9)15(14)17(19)21/h2-3,6-10,14-15H,4-5H2,1H3/t9-,10-,14-,15-/m0/s1. The molecule has 22 heavy (non-hydrogen) atoms. The third kappa shape index (κ3) is 1.76. The van der Waals surface area contributed by atoms with E-state index in [0.717, 1.165) is 12.8 Å². The summed E-state index contributed by atoms with van der Waals surface area (Å²) >= 11 is 6.05. The summed E-state index contributed by atoms with van der Waals surface area (Å²) in [6.45, 7) is 0. The maximum Gasteiger partial charge on any atom is 0.238 e. The van der Waals surface area contributed by atoms with Crippen molar-refractivity contribution in [2.75, 3.05) is 12.0 Å². The molecule has 4 nitrogen and oxygen atoms in total. The van der Waals surface area contributed by atoms with Crippen molar-refractivity contribution in [3.8, 4) is 5.75 Å². The number of carbonyl (C=O) groups is 2. The number of hydrogen-bond donors (Lipinski definition) is 0. The van der Waals surface area contributed by atoms with Crippen molar-refractivity contribution in [1.29, 1.82) is 0 Å². The van der Waals surface area contributed by atoms with Crippen LogP contribution in [-0.2, 0) is 9.59 Å². The van der Waals surface area contributed by atoms with Crippen molar-refractivity contribution in [1.82, 2.24) is 0 Å². The third-order valence-corrected chi connectivity index (χ3v) is 5.38. The number of nitrogens with zero attached hydrogens (tertiary/aromatic N) is 1. The lowest BCUT2D eigenvalue weighted by Crippen LogP contribution is -2.38. The van der Waals surface area contributed by atoms with Gasteiger partial charge in [0.25, 0.3) is 0 Å². The van der Waals surface area contributed by atoms with Gasteiger partial charge in [0.1, 0.15) is 5.75 Å². The van der Waals surface area contributed by atoms with Crippen molar-refractivity contribution in [2.45, 2.75) is 12.8 Å². The summed E-state index contributed by atoms with van der Waals surface area (Å²) < 4.78 is 5.31. The Balaban J connectivity index is 1.80. The molecule has 1 aromatic carbocycles. The highest BCUT2D eigenvalue weighted by Crippen LogP contribution is 2.51. The maximum atomic E-state index is 12.9. The fraction of sp³-hybridized carbons (Fsp3) is 0.412. The summed E-state index contributed by atoms with van der Waals surface area (Å²) in [5, 5.41) is 0.479. The van der Waals surface area contributed by atoms with E-state index >= 15 is 0 Å². The van der Waals surface area contributed by atoms with Crippen LogP contribution in [0.1, 0.15) is 12.8 Å². The Morgan fingerprint density at radius 1 is 1.09 bits per heavy atom. The number of benzene rings is 1. The fourth-order valence-electron chi connectivity index (χ4n) is 4.15. The highest BCUT2D eigenvalue weighted by atomic mass is 35.5. The Morgan fingerprint density at radius 2 is 1.68 bits per heavy atom. The molecule has 1 heterocycles. The SMILES string of the molecule is COc1ccc(Cl)cc1N1C(=O)[C@@H]2[C@@H](C1=O)[C@H]1C=C[C@H]2CC1. The quantitative estimate of drug-likeness (QED) is 0.622. The third-order valence-electron chi connectivity index (χ3n) is 5.14. The van der Waals surface area contributed by atoms with Gasteiger partial charge >= 0.3 is 0 Å². The molecule has 2 bridgehead atoms. The van der Waals surface area contributed by atoms with Gasteiger partial charge in [-0.15, -0.1) is 0 Å². The Kier molecular flexibility index (Phi) is 3.05. The number of rotatable bonds is 2. The highest BCUT2D eigenvalue weighted by Gasteiger charge is 2.57. The van der Waals surface area contributed by atoms with Gasteiger partial charge in [0, 0.05) is 5.02 Å². The summed E-state index contributed by atoms with van der Waals surface area (Å²) in [6.07, 6.45) is 6.20. The van der Waals surface area contributed by atoms with Crippen LogP contribution in [0.2, 0.25) is 5.02 Å². The normalized spacial score (nSPS) is 32.5. The Hall–Kier alpha value is -1.81. The molecule has 4 aliphatic rings. The van der Waals surface area contributed by atoms with Crippen LogP contribution in [-0.4, -0.2) is 18.9 Å². The molecule has 4 atom stereocenters. The predicted octanol–water partition coefficient (Wildman–Crippen LogP) is 3.05. The zero-order chi connectivity index (χ0) is 15.4. The Bertz CT molecular complexity index is 667. The minimum atomic E-state index is -0.222. The van der Waals surface area contributed by atoms with Crippen molar-refractivity contribution in [2.24, 2.45) is 23.7 Å². The van der Waals surface area contributed by atoms with E-state index in [-0.39, 0.29) is 35.5 Å². The second kappa shape index (κ2) is 4.85.